The van der Waals surface area contributed by atoms with Crippen molar-refractivity contribution < 1.29 is 29.0 Å². The summed E-state index contributed by atoms with van der Waals surface area (Å²) in [5.41, 5.74) is 6.94. The molecule has 1 saturated heterocycles. The maximum Gasteiger partial charge on any atom is 0.352 e. The van der Waals surface area contributed by atoms with E-state index in [1.165, 1.54) is 18.7 Å². The summed E-state index contributed by atoms with van der Waals surface area (Å²) in [7, 11) is 0. The number of carbonyl (C=O) groups excluding carboxylic acids is 3. The Balaban J connectivity index is 1.69. The zero-order valence-corrected chi connectivity index (χ0v) is 16.0. The van der Waals surface area contributed by atoms with Gasteiger partial charge in [0.1, 0.15) is 29.8 Å². The van der Waals surface area contributed by atoms with Crippen LogP contribution in [0.25, 0.3) is 0 Å². The van der Waals surface area contributed by atoms with Crippen LogP contribution in [0.1, 0.15) is 19.8 Å². The van der Waals surface area contributed by atoms with Gasteiger partial charge in [-0.1, -0.05) is 18.2 Å². The number of allylic oxidation sites excluding steroid dienone is 3. The summed E-state index contributed by atoms with van der Waals surface area (Å²) in [5.74, 6) is -2.52. The van der Waals surface area contributed by atoms with Crippen LogP contribution in [0, 0.1) is 0 Å². The van der Waals surface area contributed by atoms with Gasteiger partial charge in [-0.05, 0) is 18.4 Å². The lowest BCUT2D eigenvalue weighted by Crippen LogP contribution is -2.71. The number of hydrogen-bond donors (Lipinski definition) is 3. The van der Waals surface area contributed by atoms with Gasteiger partial charge in [0.25, 0.3) is 5.91 Å². The minimum Gasteiger partial charge on any atom is -0.477 e. The number of amides is 2. The molecule has 0 aromatic rings. The third-order valence-electron chi connectivity index (χ3n) is 4.72. The van der Waals surface area contributed by atoms with Gasteiger partial charge in [-0.15, -0.1) is 11.8 Å². The minimum atomic E-state index is -1.28. The molecule has 10 heteroatoms. The van der Waals surface area contributed by atoms with E-state index in [1.54, 1.807) is 0 Å². The number of carboxylic acids is 1. The third kappa shape index (κ3) is 3.83. The normalized spacial score (nSPS) is 24.7. The summed E-state index contributed by atoms with van der Waals surface area (Å²) in [6.45, 7) is 1.03. The van der Waals surface area contributed by atoms with Crippen LogP contribution < -0.4 is 11.1 Å². The number of β-lactam (4-membered cyclic amide) rings is 1. The van der Waals surface area contributed by atoms with E-state index in [0.29, 0.717) is 18.4 Å². The first kappa shape index (κ1) is 20.2. The summed E-state index contributed by atoms with van der Waals surface area (Å²) in [4.78, 5) is 48.8. The van der Waals surface area contributed by atoms with Crippen LogP contribution in [0.3, 0.4) is 0 Å². The number of rotatable bonds is 6. The van der Waals surface area contributed by atoms with Crippen molar-refractivity contribution in [3.8, 4) is 0 Å². The van der Waals surface area contributed by atoms with Gasteiger partial charge in [-0.2, -0.15) is 0 Å². The Bertz CT molecular complexity index is 818. The lowest BCUT2D eigenvalue weighted by molar-refractivity contribution is -0.151. The fraction of sp³-hybridized carbons (Fsp3) is 0.444. The Morgan fingerprint density at radius 1 is 1.43 bits per heavy atom. The predicted molar refractivity (Wildman–Crippen MR) is 101 cm³/mol. The van der Waals surface area contributed by atoms with E-state index in [0.717, 1.165) is 10.5 Å². The van der Waals surface area contributed by atoms with Crippen LogP contribution in [0.5, 0.6) is 0 Å². The van der Waals surface area contributed by atoms with Gasteiger partial charge in [0.15, 0.2) is 0 Å². The molecule has 150 valence electrons. The van der Waals surface area contributed by atoms with Crippen molar-refractivity contribution >= 4 is 35.5 Å². The van der Waals surface area contributed by atoms with E-state index in [1.807, 2.05) is 18.2 Å². The molecule has 0 spiro atoms. The quantitative estimate of drug-likeness (QED) is 0.315. The summed E-state index contributed by atoms with van der Waals surface area (Å²) >= 11 is 1.31. The Hall–Kier alpha value is -2.59. The number of aliphatic carboxylic acids is 1. The fourth-order valence-electron chi connectivity index (χ4n) is 3.27. The van der Waals surface area contributed by atoms with Crippen LogP contribution in [-0.2, 0) is 23.9 Å². The van der Waals surface area contributed by atoms with E-state index in [9.17, 15) is 24.3 Å². The van der Waals surface area contributed by atoms with Crippen molar-refractivity contribution in [1.29, 1.82) is 0 Å². The Labute approximate surface area is 165 Å². The highest BCUT2D eigenvalue weighted by Crippen LogP contribution is 2.40. The average Bonchev–Trinajstić information content (AvgIpc) is 2.69. The molecular weight excluding hydrogens is 386 g/mol. The lowest BCUT2D eigenvalue weighted by atomic mass is 9.97. The topological polar surface area (TPSA) is 139 Å². The molecular formula is C18H21N3O6S. The standard InChI is InChI=1S/C18H21N3O6S/c1-9(22)27-7-11-8-28-17-13(16(24)21(17)14(11)18(25)26)20-15(23)12(19)10-5-3-2-4-6-10/h2-3,6,12-13,17H,4-5,7-8,19H2,1H3,(H,20,23)(H,25,26)/t12?,13-,17-/m1/s1. The molecule has 3 atom stereocenters. The van der Waals surface area contributed by atoms with Crippen LogP contribution in [-0.4, -0.2) is 63.6 Å². The van der Waals surface area contributed by atoms with Crippen LogP contribution in [0.4, 0.5) is 0 Å². The van der Waals surface area contributed by atoms with Crippen molar-refractivity contribution in [1.82, 2.24) is 10.2 Å². The second-order valence-corrected chi connectivity index (χ2v) is 7.71. The molecule has 0 aromatic heterocycles. The number of carbonyl (C=O) groups is 4. The highest BCUT2D eigenvalue weighted by atomic mass is 32.2. The zero-order valence-electron chi connectivity index (χ0n) is 15.2. The SMILES string of the molecule is CC(=O)OCC1=C(C(=O)O)N2C(=O)[C@@H](NC(=O)C(N)C3=CCC=CC3)[C@H]2SC1. The maximum atomic E-state index is 12.6. The fourth-order valence-corrected chi connectivity index (χ4v) is 4.59. The number of nitrogens with two attached hydrogens (primary N) is 1. The average molecular weight is 407 g/mol. The van der Waals surface area contributed by atoms with Gasteiger partial charge >= 0.3 is 11.9 Å². The molecule has 9 nitrogen and oxygen atoms in total. The first-order chi connectivity index (χ1) is 13.3. The highest BCUT2D eigenvalue weighted by molar-refractivity contribution is 8.00. The first-order valence-corrected chi connectivity index (χ1v) is 9.79. The van der Waals surface area contributed by atoms with Gasteiger partial charge in [0.2, 0.25) is 5.91 Å². The Morgan fingerprint density at radius 3 is 2.79 bits per heavy atom. The van der Waals surface area contributed by atoms with Gasteiger partial charge in [-0.3, -0.25) is 19.3 Å². The molecule has 28 heavy (non-hydrogen) atoms. The molecule has 2 amide bonds. The number of thioether (sulfide) groups is 1. The molecule has 3 rings (SSSR count). The number of carboxylic acid groups (broad SMARTS) is 1. The van der Waals surface area contributed by atoms with Crippen molar-refractivity contribution in [3.63, 3.8) is 0 Å². The maximum absolute atomic E-state index is 12.6. The van der Waals surface area contributed by atoms with E-state index >= 15 is 0 Å². The van der Waals surface area contributed by atoms with Crippen molar-refractivity contribution in [2.24, 2.45) is 5.73 Å². The van der Waals surface area contributed by atoms with Crippen molar-refractivity contribution in [2.75, 3.05) is 12.4 Å². The Kier molecular flexibility index (Phi) is 5.90. The van der Waals surface area contributed by atoms with Gasteiger partial charge < -0.3 is 20.9 Å². The molecule has 4 N–H and O–H groups in total. The molecule has 1 aliphatic carbocycles. The molecule has 1 fully saturated rings. The zero-order chi connectivity index (χ0) is 20.4. The molecule has 3 aliphatic rings. The number of hydrogen-bond acceptors (Lipinski definition) is 7. The van der Waals surface area contributed by atoms with Crippen molar-refractivity contribution in [3.05, 3.63) is 35.1 Å². The van der Waals surface area contributed by atoms with Gasteiger partial charge in [0, 0.05) is 18.2 Å². The number of nitrogens with one attached hydrogen (secondary N) is 1. The summed E-state index contributed by atoms with van der Waals surface area (Å²) in [6.07, 6.45) is 7.10. The van der Waals surface area contributed by atoms with Crippen LogP contribution >= 0.6 is 11.8 Å². The van der Waals surface area contributed by atoms with E-state index < -0.39 is 41.2 Å². The smallest absolute Gasteiger partial charge is 0.352 e. The summed E-state index contributed by atoms with van der Waals surface area (Å²) in [6, 6.07) is -1.69. The Morgan fingerprint density at radius 2 is 2.18 bits per heavy atom. The van der Waals surface area contributed by atoms with Gasteiger partial charge in [0.05, 0.1) is 0 Å². The number of esters is 1. The molecule has 0 saturated carbocycles. The van der Waals surface area contributed by atoms with Crippen LogP contribution in [0.15, 0.2) is 35.1 Å². The van der Waals surface area contributed by atoms with Crippen molar-refractivity contribution in [2.45, 2.75) is 37.2 Å². The number of fused-ring (bicyclic) bond motifs is 1. The van der Waals surface area contributed by atoms with Crippen LogP contribution in [0.2, 0.25) is 0 Å². The molecule has 0 radical (unpaired) electrons. The molecule has 1 unspecified atom stereocenters. The lowest BCUT2D eigenvalue weighted by Gasteiger charge is -2.49. The third-order valence-corrected chi connectivity index (χ3v) is 6.06. The second-order valence-electron chi connectivity index (χ2n) is 6.60. The largest absolute Gasteiger partial charge is 0.477 e. The first-order valence-electron chi connectivity index (χ1n) is 8.74. The van der Waals surface area contributed by atoms with E-state index in [-0.39, 0.29) is 18.1 Å². The molecule has 0 bridgehead atoms. The molecule has 2 heterocycles. The number of ether oxygens (including phenoxy) is 1. The van der Waals surface area contributed by atoms with E-state index in [4.69, 9.17) is 10.5 Å². The second kappa shape index (κ2) is 8.19. The predicted octanol–water partition coefficient (Wildman–Crippen LogP) is -0.108. The number of nitrogens with zero attached hydrogens (tertiary/aromatic N) is 1. The van der Waals surface area contributed by atoms with Gasteiger partial charge in [-0.25, -0.2) is 4.79 Å². The molecule has 0 aromatic carbocycles. The molecule has 2 aliphatic heterocycles. The van der Waals surface area contributed by atoms with E-state index in [2.05, 4.69) is 5.32 Å². The monoisotopic (exact) mass is 407 g/mol. The minimum absolute atomic E-state index is 0.190. The highest BCUT2D eigenvalue weighted by Gasteiger charge is 2.54. The summed E-state index contributed by atoms with van der Waals surface area (Å²) in [5, 5.41) is 11.6. The summed E-state index contributed by atoms with van der Waals surface area (Å²) < 4.78 is 4.89.